The van der Waals surface area contributed by atoms with Crippen LogP contribution in [-0.2, 0) is 0 Å². The number of benzene rings is 1. The zero-order chi connectivity index (χ0) is 12.1. The highest BCUT2D eigenvalue weighted by Gasteiger charge is 2.10. The Hall–Kier alpha value is -1.69. The molecule has 1 rings (SSSR count). The Kier molecular flexibility index (Phi) is 4.19. The van der Waals surface area contributed by atoms with Crippen molar-refractivity contribution in [3.05, 3.63) is 23.8 Å². The lowest BCUT2D eigenvalue weighted by Crippen LogP contribution is -2.24. The van der Waals surface area contributed by atoms with E-state index in [1.165, 1.54) is 0 Å². The number of nitrogen functional groups attached to an aromatic ring is 1. The van der Waals surface area contributed by atoms with Crippen LogP contribution in [0.25, 0.3) is 0 Å². The molecule has 2 N–H and O–H groups in total. The van der Waals surface area contributed by atoms with Crippen molar-refractivity contribution in [1.82, 2.24) is 0 Å². The number of anilines is 2. The molecule has 86 valence electrons. The van der Waals surface area contributed by atoms with Crippen molar-refractivity contribution in [3.63, 3.8) is 0 Å². The first-order valence-corrected chi connectivity index (χ1v) is 5.59. The third-order valence-corrected chi connectivity index (χ3v) is 2.83. The predicted octanol–water partition coefficient (Wildman–Crippen LogP) is 2.62. The molecule has 3 heteroatoms. The standard InChI is InChI=1S/C13H19N3/c1-4-10(2)9-16(3)13-6-5-12(15)7-11(13)8-14/h5-7,10H,4,9,15H2,1-3H3. The monoisotopic (exact) mass is 217 g/mol. The van der Waals surface area contributed by atoms with Crippen LogP contribution in [0.2, 0.25) is 0 Å². The van der Waals surface area contributed by atoms with Crippen LogP contribution in [0, 0.1) is 17.2 Å². The van der Waals surface area contributed by atoms with Gasteiger partial charge in [0.15, 0.2) is 0 Å². The number of rotatable bonds is 4. The van der Waals surface area contributed by atoms with E-state index in [2.05, 4.69) is 24.8 Å². The van der Waals surface area contributed by atoms with Gasteiger partial charge >= 0.3 is 0 Å². The van der Waals surface area contributed by atoms with Gasteiger partial charge in [-0.05, 0) is 24.1 Å². The highest BCUT2D eigenvalue weighted by Crippen LogP contribution is 2.22. The Labute approximate surface area is 97.5 Å². The van der Waals surface area contributed by atoms with Gasteiger partial charge in [-0.1, -0.05) is 20.3 Å². The van der Waals surface area contributed by atoms with Crippen LogP contribution in [0.3, 0.4) is 0 Å². The number of hydrogen-bond donors (Lipinski definition) is 1. The Morgan fingerprint density at radius 1 is 1.50 bits per heavy atom. The summed E-state index contributed by atoms with van der Waals surface area (Å²) in [5.41, 5.74) is 7.90. The number of nitrogens with two attached hydrogens (primary N) is 1. The molecule has 0 saturated heterocycles. The van der Waals surface area contributed by atoms with Crippen molar-refractivity contribution in [2.45, 2.75) is 20.3 Å². The zero-order valence-electron chi connectivity index (χ0n) is 10.2. The first-order chi connectivity index (χ1) is 7.58. The van der Waals surface area contributed by atoms with Gasteiger partial charge in [-0.15, -0.1) is 0 Å². The van der Waals surface area contributed by atoms with E-state index in [0.29, 0.717) is 17.2 Å². The molecule has 3 nitrogen and oxygen atoms in total. The molecule has 0 radical (unpaired) electrons. The first-order valence-electron chi connectivity index (χ1n) is 5.59. The summed E-state index contributed by atoms with van der Waals surface area (Å²) in [6, 6.07) is 7.66. The molecular formula is C13H19N3. The normalized spacial score (nSPS) is 11.9. The maximum absolute atomic E-state index is 9.05. The molecule has 0 heterocycles. The van der Waals surface area contributed by atoms with Crippen molar-refractivity contribution in [3.8, 4) is 6.07 Å². The summed E-state index contributed by atoms with van der Waals surface area (Å²) in [6.07, 6.45) is 1.14. The Balaban J connectivity index is 2.91. The molecule has 0 spiro atoms. The molecular weight excluding hydrogens is 198 g/mol. The van der Waals surface area contributed by atoms with Crippen LogP contribution < -0.4 is 10.6 Å². The molecule has 0 aliphatic carbocycles. The largest absolute Gasteiger partial charge is 0.399 e. The minimum atomic E-state index is 0.620. The number of nitriles is 1. The van der Waals surface area contributed by atoms with Crippen molar-refractivity contribution >= 4 is 11.4 Å². The highest BCUT2D eigenvalue weighted by molar-refractivity contribution is 5.64. The molecule has 0 amide bonds. The fourth-order valence-corrected chi connectivity index (χ4v) is 1.67. The quantitative estimate of drug-likeness (QED) is 0.789. The minimum Gasteiger partial charge on any atom is -0.399 e. The zero-order valence-corrected chi connectivity index (χ0v) is 10.2. The van der Waals surface area contributed by atoms with Gasteiger partial charge in [0.2, 0.25) is 0 Å². The van der Waals surface area contributed by atoms with Gasteiger partial charge in [0.25, 0.3) is 0 Å². The maximum atomic E-state index is 9.05. The fourth-order valence-electron chi connectivity index (χ4n) is 1.67. The molecule has 1 aromatic rings. The summed E-state index contributed by atoms with van der Waals surface area (Å²) in [7, 11) is 2.01. The lowest BCUT2D eigenvalue weighted by Gasteiger charge is -2.23. The minimum absolute atomic E-state index is 0.620. The van der Waals surface area contributed by atoms with E-state index < -0.39 is 0 Å². The summed E-state index contributed by atoms with van der Waals surface area (Å²) >= 11 is 0. The summed E-state index contributed by atoms with van der Waals surface area (Å²) < 4.78 is 0. The Morgan fingerprint density at radius 2 is 2.19 bits per heavy atom. The van der Waals surface area contributed by atoms with Gasteiger partial charge in [0, 0.05) is 19.3 Å². The maximum Gasteiger partial charge on any atom is 0.101 e. The van der Waals surface area contributed by atoms with Crippen LogP contribution in [0.5, 0.6) is 0 Å². The van der Waals surface area contributed by atoms with E-state index in [1.807, 2.05) is 19.2 Å². The van der Waals surface area contributed by atoms with Crippen LogP contribution in [0.15, 0.2) is 18.2 Å². The molecule has 0 aromatic heterocycles. The van der Waals surface area contributed by atoms with Crippen molar-refractivity contribution in [2.24, 2.45) is 5.92 Å². The van der Waals surface area contributed by atoms with E-state index in [0.717, 1.165) is 18.7 Å². The molecule has 1 aromatic carbocycles. The van der Waals surface area contributed by atoms with Crippen LogP contribution in [0.1, 0.15) is 25.8 Å². The number of nitrogens with zero attached hydrogens (tertiary/aromatic N) is 2. The highest BCUT2D eigenvalue weighted by atomic mass is 15.1. The lowest BCUT2D eigenvalue weighted by molar-refractivity contribution is 0.560. The Morgan fingerprint density at radius 3 is 2.75 bits per heavy atom. The van der Waals surface area contributed by atoms with Crippen LogP contribution in [-0.4, -0.2) is 13.6 Å². The molecule has 0 aliphatic rings. The van der Waals surface area contributed by atoms with Gasteiger partial charge < -0.3 is 10.6 Å². The molecule has 0 fully saturated rings. The molecule has 1 unspecified atom stereocenters. The smallest absolute Gasteiger partial charge is 0.101 e. The second kappa shape index (κ2) is 5.41. The molecule has 0 aliphatic heterocycles. The van der Waals surface area contributed by atoms with E-state index >= 15 is 0 Å². The van der Waals surface area contributed by atoms with Gasteiger partial charge in [0.1, 0.15) is 6.07 Å². The van der Waals surface area contributed by atoms with Gasteiger partial charge in [0.05, 0.1) is 11.3 Å². The molecule has 0 saturated carbocycles. The molecule has 1 atom stereocenters. The van der Waals surface area contributed by atoms with E-state index in [4.69, 9.17) is 11.0 Å². The third-order valence-electron chi connectivity index (χ3n) is 2.83. The SMILES string of the molecule is CCC(C)CN(C)c1ccc(N)cc1C#N. The third kappa shape index (κ3) is 2.90. The topological polar surface area (TPSA) is 53.0 Å². The summed E-state index contributed by atoms with van der Waals surface area (Å²) in [6.45, 7) is 5.33. The van der Waals surface area contributed by atoms with Crippen molar-refractivity contribution in [1.29, 1.82) is 5.26 Å². The van der Waals surface area contributed by atoms with Crippen LogP contribution >= 0.6 is 0 Å². The second-order valence-corrected chi connectivity index (χ2v) is 4.28. The van der Waals surface area contributed by atoms with Crippen LogP contribution in [0.4, 0.5) is 11.4 Å². The molecule has 0 bridgehead atoms. The van der Waals surface area contributed by atoms with Gasteiger partial charge in [-0.2, -0.15) is 5.26 Å². The lowest BCUT2D eigenvalue weighted by atomic mass is 10.1. The average Bonchev–Trinajstić information content (AvgIpc) is 2.28. The number of hydrogen-bond acceptors (Lipinski definition) is 3. The van der Waals surface area contributed by atoms with E-state index in [9.17, 15) is 0 Å². The van der Waals surface area contributed by atoms with Gasteiger partial charge in [-0.25, -0.2) is 0 Å². The summed E-state index contributed by atoms with van der Waals surface area (Å²) in [5.74, 6) is 0.620. The summed E-state index contributed by atoms with van der Waals surface area (Å²) in [4.78, 5) is 2.12. The van der Waals surface area contributed by atoms with Crippen molar-refractivity contribution in [2.75, 3.05) is 24.2 Å². The first kappa shape index (κ1) is 12.4. The Bertz CT molecular complexity index is 393. The van der Waals surface area contributed by atoms with E-state index in [1.54, 1.807) is 6.07 Å². The predicted molar refractivity (Wildman–Crippen MR) is 68.3 cm³/mol. The molecule has 16 heavy (non-hydrogen) atoms. The average molecular weight is 217 g/mol. The fraction of sp³-hybridized carbons (Fsp3) is 0.462. The van der Waals surface area contributed by atoms with E-state index in [-0.39, 0.29) is 0 Å². The van der Waals surface area contributed by atoms with Crippen molar-refractivity contribution < 1.29 is 0 Å². The summed E-state index contributed by atoms with van der Waals surface area (Å²) in [5, 5.41) is 9.05. The second-order valence-electron chi connectivity index (χ2n) is 4.28. The van der Waals surface area contributed by atoms with Gasteiger partial charge in [-0.3, -0.25) is 0 Å².